The number of hydrogen-bond donors (Lipinski definition) is 3. The zero-order chi connectivity index (χ0) is 18.1. The second kappa shape index (κ2) is 6.89. The number of benzene rings is 1. The maximum Gasteiger partial charge on any atom is 0.259 e. The van der Waals surface area contributed by atoms with Crippen molar-refractivity contribution in [3.8, 4) is 5.75 Å². The second-order valence-electron chi connectivity index (χ2n) is 5.90. The van der Waals surface area contributed by atoms with Crippen LogP contribution in [-0.2, 0) is 9.59 Å². The molecule has 8 nitrogen and oxygen atoms in total. The number of nitrogens with two attached hydrogens (primary N) is 1. The van der Waals surface area contributed by atoms with E-state index in [1.54, 1.807) is 12.1 Å². The van der Waals surface area contributed by atoms with Gasteiger partial charge in [0.1, 0.15) is 5.75 Å². The van der Waals surface area contributed by atoms with Crippen LogP contribution in [0.1, 0.15) is 31.4 Å². The highest BCUT2D eigenvalue weighted by Gasteiger charge is 2.46. The van der Waals surface area contributed by atoms with E-state index in [0.29, 0.717) is 47.4 Å². The molecule has 1 fully saturated rings. The molecule has 3 rings (SSSR count). The average Bonchev–Trinajstić information content (AvgIpc) is 2.89. The largest absolute Gasteiger partial charge is 0.492 e. The Kier molecular flexibility index (Phi) is 4.82. The zero-order valence-electron chi connectivity index (χ0n) is 13.7. The third-order valence-electron chi connectivity index (χ3n) is 4.27. The van der Waals surface area contributed by atoms with E-state index in [1.165, 1.54) is 4.90 Å². The van der Waals surface area contributed by atoms with E-state index in [1.807, 2.05) is 6.92 Å². The minimum Gasteiger partial charge on any atom is -0.492 e. The Balaban J connectivity index is 1.92. The number of rotatable bonds is 6. The quantitative estimate of drug-likeness (QED) is 0.509. The number of halogens is 1. The first-order valence-corrected chi connectivity index (χ1v) is 8.36. The number of carbonyl (C=O) groups is 2. The maximum absolute atomic E-state index is 12.0. The number of guanidine groups is 1. The van der Waals surface area contributed by atoms with E-state index >= 15 is 0 Å². The molecule has 2 aliphatic rings. The van der Waals surface area contributed by atoms with Crippen LogP contribution in [0.5, 0.6) is 5.75 Å². The molecule has 0 radical (unpaired) electrons. The van der Waals surface area contributed by atoms with Crippen molar-refractivity contribution in [3.63, 3.8) is 0 Å². The average molecular weight is 367 g/mol. The van der Waals surface area contributed by atoms with Crippen LogP contribution in [-0.4, -0.2) is 47.0 Å². The molecule has 25 heavy (non-hydrogen) atoms. The maximum atomic E-state index is 12.0. The van der Waals surface area contributed by atoms with Gasteiger partial charge >= 0.3 is 0 Å². The summed E-state index contributed by atoms with van der Waals surface area (Å²) in [4.78, 5) is 29.6. The van der Waals surface area contributed by atoms with E-state index < -0.39 is 17.9 Å². The summed E-state index contributed by atoms with van der Waals surface area (Å²) in [6, 6.07) is 1.97. The predicted molar refractivity (Wildman–Crippen MR) is 91.7 cm³/mol. The minimum absolute atomic E-state index is 0.111. The summed E-state index contributed by atoms with van der Waals surface area (Å²) in [5.41, 5.74) is 6.65. The Labute approximate surface area is 149 Å². The van der Waals surface area contributed by atoms with Crippen LogP contribution in [0.3, 0.4) is 0 Å². The van der Waals surface area contributed by atoms with Gasteiger partial charge in [-0.1, -0.05) is 11.6 Å². The second-order valence-corrected chi connectivity index (χ2v) is 6.28. The van der Waals surface area contributed by atoms with E-state index in [9.17, 15) is 9.59 Å². The van der Waals surface area contributed by atoms with Gasteiger partial charge < -0.3 is 20.5 Å². The van der Waals surface area contributed by atoms with Crippen molar-refractivity contribution in [1.29, 1.82) is 0 Å². The van der Waals surface area contributed by atoms with Gasteiger partial charge in [-0.05, 0) is 31.9 Å². The number of aliphatic imine (C=N–C) groups is 1. The molecule has 0 aromatic heterocycles. The Morgan fingerprint density at radius 1 is 1.48 bits per heavy atom. The van der Waals surface area contributed by atoms with Gasteiger partial charge in [-0.25, -0.2) is 4.99 Å². The molecule has 2 amide bonds. The predicted octanol–water partition coefficient (Wildman–Crippen LogP) is 0.839. The molecule has 4 N–H and O–H groups in total. The molecule has 0 saturated carbocycles. The number of primary amides is 1. The van der Waals surface area contributed by atoms with E-state index in [-0.39, 0.29) is 12.6 Å². The standard InChI is InChI=1S/C16H19ClN4O4/c1-8-11-9(4-5-10(12(11)17)25-7-3-2-6-22)19-16-20-15(24)13(14(18)23)21(8)16/h4-5,8,13,22H,2-3,6-7H2,1H3,(H2,18,23)(H,19,20,24). The van der Waals surface area contributed by atoms with Crippen LogP contribution in [0.2, 0.25) is 5.02 Å². The van der Waals surface area contributed by atoms with Crippen molar-refractivity contribution < 1.29 is 19.4 Å². The number of amides is 2. The van der Waals surface area contributed by atoms with Gasteiger partial charge in [0.05, 0.1) is 23.4 Å². The molecule has 1 aromatic carbocycles. The molecule has 0 aliphatic carbocycles. The number of unbranched alkanes of at least 4 members (excludes halogenated alkanes) is 1. The molecule has 2 heterocycles. The third kappa shape index (κ3) is 3.03. The molecular weight excluding hydrogens is 348 g/mol. The molecule has 134 valence electrons. The fraction of sp³-hybridized carbons (Fsp3) is 0.438. The number of ether oxygens (including phenoxy) is 1. The molecular formula is C16H19ClN4O4. The summed E-state index contributed by atoms with van der Waals surface area (Å²) in [6.45, 7) is 2.36. The summed E-state index contributed by atoms with van der Waals surface area (Å²) in [6.07, 6.45) is 1.35. The number of hydrogen-bond acceptors (Lipinski definition) is 6. The number of nitrogens with one attached hydrogen (secondary N) is 1. The highest BCUT2D eigenvalue weighted by Crippen LogP contribution is 2.44. The first kappa shape index (κ1) is 17.5. The van der Waals surface area contributed by atoms with Gasteiger partial charge in [-0.2, -0.15) is 0 Å². The van der Waals surface area contributed by atoms with E-state index in [4.69, 9.17) is 27.2 Å². The van der Waals surface area contributed by atoms with Gasteiger partial charge in [-0.3, -0.25) is 14.9 Å². The first-order chi connectivity index (χ1) is 12.0. The fourth-order valence-electron chi connectivity index (χ4n) is 3.07. The van der Waals surface area contributed by atoms with Crippen molar-refractivity contribution in [2.24, 2.45) is 10.7 Å². The number of aliphatic hydroxyl groups excluding tert-OH is 1. The van der Waals surface area contributed by atoms with Gasteiger partial charge in [0.25, 0.3) is 5.91 Å². The fourth-order valence-corrected chi connectivity index (χ4v) is 3.44. The Morgan fingerprint density at radius 3 is 2.92 bits per heavy atom. The SMILES string of the molecule is CC1c2c(ccc(OCCCCO)c2Cl)N=C2NC(=O)C(C(N)=O)N21. The zero-order valence-corrected chi connectivity index (χ0v) is 14.4. The molecule has 2 unspecified atom stereocenters. The summed E-state index contributed by atoms with van der Waals surface area (Å²) in [5.74, 6) is -0.451. The lowest BCUT2D eigenvalue weighted by Crippen LogP contribution is -2.47. The Bertz CT molecular complexity index is 752. The van der Waals surface area contributed by atoms with Gasteiger partial charge in [0, 0.05) is 12.2 Å². The van der Waals surface area contributed by atoms with Crippen molar-refractivity contribution in [3.05, 3.63) is 22.7 Å². The Morgan fingerprint density at radius 2 is 2.24 bits per heavy atom. The number of nitrogens with zero attached hydrogens (tertiary/aromatic N) is 2. The van der Waals surface area contributed by atoms with Crippen molar-refractivity contribution in [1.82, 2.24) is 10.2 Å². The Hall–Kier alpha value is -2.32. The molecule has 2 atom stereocenters. The molecule has 9 heteroatoms. The van der Waals surface area contributed by atoms with Crippen molar-refractivity contribution >= 4 is 35.1 Å². The highest BCUT2D eigenvalue weighted by atomic mass is 35.5. The van der Waals surface area contributed by atoms with Crippen LogP contribution >= 0.6 is 11.6 Å². The first-order valence-electron chi connectivity index (χ1n) is 7.99. The van der Waals surface area contributed by atoms with E-state index in [2.05, 4.69) is 10.3 Å². The molecule has 2 aliphatic heterocycles. The lowest BCUT2D eigenvalue weighted by molar-refractivity contribution is -0.131. The number of aliphatic hydroxyl groups is 1. The summed E-state index contributed by atoms with van der Waals surface area (Å²) < 4.78 is 5.68. The smallest absolute Gasteiger partial charge is 0.259 e. The summed E-state index contributed by atoms with van der Waals surface area (Å²) in [7, 11) is 0. The van der Waals surface area contributed by atoms with Crippen molar-refractivity contribution in [2.45, 2.75) is 31.8 Å². The molecule has 0 spiro atoms. The number of fused-ring (bicyclic) bond motifs is 2. The van der Waals surface area contributed by atoms with Crippen LogP contribution in [0.15, 0.2) is 17.1 Å². The van der Waals surface area contributed by atoms with Crippen LogP contribution in [0, 0.1) is 0 Å². The number of carbonyl (C=O) groups excluding carboxylic acids is 2. The topological polar surface area (TPSA) is 117 Å². The molecule has 0 bridgehead atoms. The van der Waals surface area contributed by atoms with Crippen LogP contribution in [0.25, 0.3) is 0 Å². The lowest BCUT2D eigenvalue weighted by atomic mass is 10.0. The third-order valence-corrected chi connectivity index (χ3v) is 4.66. The molecule has 1 aromatic rings. The van der Waals surface area contributed by atoms with Gasteiger partial charge in [0.15, 0.2) is 6.04 Å². The van der Waals surface area contributed by atoms with Crippen LogP contribution in [0.4, 0.5) is 5.69 Å². The highest BCUT2D eigenvalue weighted by molar-refractivity contribution is 6.33. The van der Waals surface area contributed by atoms with Crippen LogP contribution < -0.4 is 15.8 Å². The van der Waals surface area contributed by atoms with Gasteiger partial charge in [-0.15, -0.1) is 0 Å². The van der Waals surface area contributed by atoms with Gasteiger partial charge in [0.2, 0.25) is 11.9 Å². The molecule has 1 saturated heterocycles. The lowest BCUT2D eigenvalue weighted by Gasteiger charge is -2.33. The van der Waals surface area contributed by atoms with Crippen molar-refractivity contribution in [2.75, 3.05) is 13.2 Å². The van der Waals surface area contributed by atoms with E-state index in [0.717, 1.165) is 0 Å². The monoisotopic (exact) mass is 366 g/mol. The minimum atomic E-state index is -1.12. The summed E-state index contributed by atoms with van der Waals surface area (Å²) >= 11 is 6.50. The normalized spacial score (nSPS) is 21.3. The summed E-state index contributed by atoms with van der Waals surface area (Å²) in [5, 5.41) is 11.8.